The van der Waals surface area contributed by atoms with E-state index in [2.05, 4.69) is 22.0 Å². The summed E-state index contributed by atoms with van der Waals surface area (Å²) < 4.78 is 12.0. The number of halogens is 3. The van der Waals surface area contributed by atoms with Gasteiger partial charge in [0.05, 0.1) is 11.5 Å². The Labute approximate surface area is 196 Å². The van der Waals surface area contributed by atoms with Gasteiger partial charge in [-0.1, -0.05) is 51.3 Å². The lowest BCUT2D eigenvalue weighted by molar-refractivity contribution is 0.0734. The summed E-state index contributed by atoms with van der Waals surface area (Å²) in [7, 11) is 0. The van der Waals surface area contributed by atoms with Gasteiger partial charge in [0, 0.05) is 31.7 Å². The summed E-state index contributed by atoms with van der Waals surface area (Å²) in [4.78, 5) is 12.4. The number of hydrogen-bond acceptors (Lipinski definition) is 5. The number of carbonyl (C=O) groups is 1. The Kier molecular flexibility index (Phi) is 5.92. The highest BCUT2D eigenvalue weighted by Crippen LogP contribution is 2.47. The topological polar surface area (TPSA) is 85.3 Å². The van der Waals surface area contributed by atoms with E-state index in [4.69, 9.17) is 38.4 Å². The van der Waals surface area contributed by atoms with E-state index in [1.807, 2.05) is 0 Å². The summed E-state index contributed by atoms with van der Waals surface area (Å²) in [6.45, 7) is 0. The second-order valence-corrected chi connectivity index (χ2v) is 8.39. The standard InChI is InChI=1S/C23H13BrCl2N2O3/c24-13-6-4-12(5-7-13)23(29)30-14-8-9-15-19(10-14)31-22(28)16(11-27)20(15)21-17(25)2-1-3-18(21)26/h1-10,20H,28H2. The molecule has 0 fully saturated rings. The SMILES string of the molecule is N#CC1=C(N)Oc2cc(OC(=O)c3ccc(Br)cc3)ccc2C1c1c(Cl)cccc1Cl. The first kappa shape index (κ1) is 21.3. The van der Waals surface area contributed by atoms with Crippen molar-refractivity contribution in [1.29, 1.82) is 5.26 Å². The molecule has 1 heterocycles. The third-order valence-corrected chi connectivity index (χ3v) is 5.96. The Morgan fingerprint density at radius 1 is 1.10 bits per heavy atom. The van der Waals surface area contributed by atoms with Crippen molar-refractivity contribution in [3.05, 3.63) is 103 Å². The molecule has 1 atom stereocenters. The number of ether oxygens (including phenoxy) is 2. The average Bonchev–Trinajstić information content (AvgIpc) is 2.73. The Balaban J connectivity index is 1.73. The minimum Gasteiger partial charge on any atom is -0.440 e. The zero-order chi connectivity index (χ0) is 22.1. The third-order valence-electron chi connectivity index (χ3n) is 4.77. The molecule has 1 unspecified atom stereocenters. The fraction of sp³-hybridized carbons (Fsp3) is 0.0435. The third kappa shape index (κ3) is 4.13. The minimum absolute atomic E-state index is 0.0626. The molecule has 8 heteroatoms. The van der Waals surface area contributed by atoms with E-state index in [9.17, 15) is 10.1 Å². The Hall–Kier alpha value is -2.98. The molecule has 154 valence electrons. The van der Waals surface area contributed by atoms with E-state index in [0.717, 1.165) is 4.47 Å². The highest BCUT2D eigenvalue weighted by atomic mass is 79.9. The number of nitriles is 1. The molecule has 4 rings (SSSR count). The van der Waals surface area contributed by atoms with E-state index < -0.39 is 11.9 Å². The molecule has 0 bridgehead atoms. The Morgan fingerprint density at radius 3 is 2.42 bits per heavy atom. The van der Waals surface area contributed by atoms with E-state index in [0.29, 0.717) is 32.5 Å². The first-order valence-corrected chi connectivity index (χ1v) is 10.6. The molecule has 3 aromatic rings. The lowest BCUT2D eigenvalue weighted by Gasteiger charge is -2.27. The first-order valence-electron chi connectivity index (χ1n) is 9.02. The summed E-state index contributed by atoms with van der Waals surface area (Å²) >= 11 is 16.1. The molecule has 5 nitrogen and oxygen atoms in total. The van der Waals surface area contributed by atoms with Gasteiger partial charge in [0.25, 0.3) is 0 Å². The van der Waals surface area contributed by atoms with Gasteiger partial charge in [-0.3, -0.25) is 0 Å². The Morgan fingerprint density at radius 2 is 1.77 bits per heavy atom. The summed E-state index contributed by atoms with van der Waals surface area (Å²) in [6, 6.07) is 18.9. The summed E-state index contributed by atoms with van der Waals surface area (Å²) in [5.74, 6) is -0.587. The van der Waals surface area contributed by atoms with Crippen molar-refractivity contribution in [2.45, 2.75) is 5.92 Å². The second-order valence-electron chi connectivity index (χ2n) is 6.66. The zero-order valence-corrected chi connectivity index (χ0v) is 18.8. The second kappa shape index (κ2) is 8.64. The predicted molar refractivity (Wildman–Crippen MR) is 121 cm³/mol. The van der Waals surface area contributed by atoms with Crippen LogP contribution in [0.15, 0.2) is 76.6 Å². The zero-order valence-electron chi connectivity index (χ0n) is 15.7. The van der Waals surface area contributed by atoms with Crippen LogP contribution in [0.2, 0.25) is 10.0 Å². The lowest BCUT2D eigenvalue weighted by atomic mass is 9.83. The number of nitrogens with two attached hydrogens (primary N) is 1. The predicted octanol–water partition coefficient (Wildman–Crippen LogP) is 6.19. The molecule has 0 aliphatic carbocycles. The molecule has 0 aromatic heterocycles. The molecule has 0 amide bonds. The van der Waals surface area contributed by atoms with E-state index in [-0.39, 0.29) is 17.2 Å². The van der Waals surface area contributed by atoms with Crippen LogP contribution in [0.3, 0.4) is 0 Å². The molecule has 0 saturated heterocycles. The van der Waals surface area contributed by atoms with Gasteiger partial charge in [0.15, 0.2) is 0 Å². The van der Waals surface area contributed by atoms with E-state index in [1.54, 1.807) is 60.7 Å². The summed E-state index contributed by atoms with van der Waals surface area (Å²) in [5.41, 5.74) is 7.80. The normalized spacial score (nSPS) is 15.0. The first-order chi connectivity index (χ1) is 14.9. The molecule has 2 N–H and O–H groups in total. The number of hydrogen-bond donors (Lipinski definition) is 1. The number of benzene rings is 3. The minimum atomic E-state index is -0.619. The van der Waals surface area contributed by atoms with Crippen molar-refractivity contribution in [3.8, 4) is 17.6 Å². The van der Waals surface area contributed by atoms with Crippen molar-refractivity contribution in [2.75, 3.05) is 0 Å². The Bertz CT molecular complexity index is 1250. The van der Waals surface area contributed by atoms with Crippen LogP contribution < -0.4 is 15.2 Å². The number of carbonyl (C=O) groups excluding carboxylic acids is 1. The van der Waals surface area contributed by atoms with Gasteiger partial charge >= 0.3 is 5.97 Å². The van der Waals surface area contributed by atoms with Crippen LogP contribution in [-0.4, -0.2) is 5.97 Å². The van der Waals surface area contributed by atoms with Crippen LogP contribution in [0.25, 0.3) is 0 Å². The van der Waals surface area contributed by atoms with Crippen molar-refractivity contribution in [3.63, 3.8) is 0 Å². The quantitative estimate of drug-likeness (QED) is 0.332. The van der Waals surface area contributed by atoms with E-state index in [1.165, 1.54) is 0 Å². The van der Waals surface area contributed by atoms with Gasteiger partial charge < -0.3 is 15.2 Å². The van der Waals surface area contributed by atoms with Gasteiger partial charge in [0.2, 0.25) is 5.88 Å². The molecule has 0 saturated carbocycles. The number of allylic oxidation sites excluding steroid dienone is 1. The summed E-state index contributed by atoms with van der Waals surface area (Å²) in [6.07, 6.45) is 0. The molecule has 0 radical (unpaired) electrons. The molecule has 31 heavy (non-hydrogen) atoms. The highest BCUT2D eigenvalue weighted by Gasteiger charge is 2.33. The van der Waals surface area contributed by atoms with Gasteiger partial charge in [-0.2, -0.15) is 5.26 Å². The maximum Gasteiger partial charge on any atom is 0.343 e. The molecule has 0 spiro atoms. The molecular formula is C23H13BrCl2N2O3. The molecule has 3 aromatic carbocycles. The maximum absolute atomic E-state index is 12.4. The van der Waals surface area contributed by atoms with Crippen LogP contribution in [0.4, 0.5) is 0 Å². The van der Waals surface area contributed by atoms with Gasteiger partial charge in [0.1, 0.15) is 23.1 Å². The molecular weight excluding hydrogens is 503 g/mol. The maximum atomic E-state index is 12.4. The van der Waals surface area contributed by atoms with Crippen LogP contribution in [0, 0.1) is 11.3 Å². The number of fused-ring (bicyclic) bond motifs is 1. The number of esters is 1. The fourth-order valence-corrected chi connectivity index (χ4v) is 4.21. The largest absolute Gasteiger partial charge is 0.440 e. The fourth-order valence-electron chi connectivity index (χ4n) is 3.33. The highest BCUT2D eigenvalue weighted by molar-refractivity contribution is 9.10. The number of rotatable bonds is 3. The summed E-state index contributed by atoms with van der Waals surface area (Å²) in [5, 5.41) is 10.5. The van der Waals surface area contributed by atoms with Crippen LogP contribution in [0.5, 0.6) is 11.5 Å². The number of nitrogens with zero attached hydrogens (tertiary/aromatic N) is 1. The van der Waals surface area contributed by atoms with Gasteiger partial charge in [-0.05, 0) is 42.5 Å². The van der Waals surface area contributed by atoms with Crippen molar-refractivity contribution in [2.24, 2.45) is 5.73 Å². The lowest BCUT2D eigenvalue weighted by Crippen LogP contribution is -2.21. The van der Waals surface area contributed by atoms with E-state index >= 15 is 0 Å². The monoisotopic (exact) mass is 514 g/mol. The van der Waals surface area contributed by atoms with Crippen molar-refractivity contribution < 1.29 is 14.3 Å². The van der Waals surface area contributed by atoms with Crippen LogP contribution in [-0.2, 0) is 0 Å². The molecule has 1 aliphatic heterocycles. The van der Waals surface area contributed by atoms with Gasteiger partial charge in [-0.25, -0.2) is 4.79 Å². The van der Waals surface area contributed by atoms with Crippen molar-refractivity contribution >= 4 is 45.1 Å². The van der Waals surface area contributed by atoms with Gasteiger partial charge in [-0.15, -0.1) is 0 Å². The van der Waals surface area contributed by atoms with Crippen LogP contribution >= 0.6 is 39.1 Å². The average molecular weight is 516 g/mol. The smallest absolute Gasteiger partial charge is 0.343 e. The molecule has 1 aliphatic rings. The van der Waals surface area contributed by atoms with Crippen LogP contribution in [0.1, 0.15) is 27.4 Å². The van der Waals surface area contributed by atoms with Crippen molar-refractivity contribution in [1.82, 2.24) is 0 Å².